The van der Waals surface area contributed by atoms with Gasteiger partial charge in [-0.1, -0.05) is 98.5 Å². The summed E-state index contributed by atoms with van der Waals surface area (Å²) in [7, 11) is -4.15. The number of hydrogen-bond donors (Lipinski definition) is 1. The number of sulfonamides is 1. The van der Waals surface area contributed by atoms with E-state index in [1.165, 1.54) is 23.5 Å². The number of carbonyl (C=O) groups excluding carboxylic acids is 2. The van der Waals surface area contributed by atoms with Crippen LogP contribution in [0.5, 0.6) is 0 Å². The SMILES string of the molecule is CCC(C(=O)NC1CCCCC1)N(CCc1ccccc1)C(=O)CN(c1ccccc1Cl)S(=O)(=O)c1ccccc1. The molecular weight excluding hydrogens is 558 g/mol. The van der Waals surface area contributed by atoms with E-state index in [9.17, 15) is 18.0 Å². The molecule has 3 aromatic rings. The van der Waals surface area contributed by atoms with E-state index >= 15 is 0 Å². The van der Waals surface area contributed by atoms with Crippen LogP contribution in [0.3, 0.4) is 0 Å². The van der Waals surface area contributed by atoms with E-state index in [0.717, 1.165) is 35.6 Å². The number of benzene rings is 3. The van der Waals surface area contributed by atoms with E-state index < -0.39 is 28.5 Å². The summed E-state index contributed by atoms with van der Waals surface area (Å²) in [5, 5.41) is 3.37. The molecule has 0 bridgehead atoms. The molecule has 0 heterocycles. The highest BCUT2D eigenvalue weighted by molar-refractivity contribution is 7.92. The van der Waals surface area contributed by atoms with Crippen molar-refractivity contribution in [2.45, 2.75) is 68.8 Å². The topological polar surface area (TPSA) is 86.8 Å². The lowest BCUT2D eigenvalue weighted by atomic mass is 9.95. The highest BCUT2D eigenvalue weighted by Gasteiger charge is 2.34. The van der Waals surface area contributed by atoms with Gasteiger partial charge in [0.1, 0.15) is 12.6 Å². The highest BCUT2D eigenvalue weighted by Crippen LogP contribution is 2.30. The molecule has 7 nitrogen and oxygen atoms in total. The third-order valence-electron chi connectivity index (χ3n) is 7.55. The molecule has 0 radical (unpaired) electrons. The zero-order valence-electron chi connectivity index (χ0n) is 23.4. The Hall–Kier alpha value is -3.36. The Bertz CT molecular complexity index is 1400. The van der Waals surface area contributed by atoms with E-state index in [1.54, 1.807) is 42.5 Å². The maximum atomic E-state index is 14.1. The molecule has 1 fully saturated rings. The van der Waals surface area contributed by atoms with Gasteiger partial charge in [-0.25, -0.2) is 8.42 Å². The minimum absolute atomic E-state index is 0.0469. The first-order valence-electron chi connectivity index (χ1n) is 14.3. The molecule has 0 saturated heterocycles. The zero-order valence-corrected chi connectivity index (χ0v) is 25.0. The molecule has 1 atom stereocenters. The second-order valence-electron chi connectivity index (χ2n) is 10.4. The van der Waals surface area contributed by atoms with Crippen LogP contribution in [-0.4, -0.2) is 50.3 Å². The van der Waals surface area contributed by atoms with Crippen LogP contribution in [0.1, 0.15) is 51.0 Å². The molecule has 1 aliphatic carbocycles. The second kappa shape index (κ2) is 14.5. The van der Waals surface area contributed by atoms with Gasteiger partial charge in [0.2, 0.25) is 11.8 Å². The molecule has 0 aliphatic heterocycles. The Labute approximate surface area is 248 Å². The first kappa shape index (κ1) is 30.6. The van der Waals surface area contributed by atoms with Crippen LogP contribution in [0.25, 0.3) is 0 Å². The quantitative estimate of drug-likeness (QED) is 0.285. The van der Waals surface area contributed by atoms with Crippen molar-refractivity contribution in [1.29, 1.82) is 0 Å². The fraction of sp³-hybridized carbons (Fsp3) is 0.375. The number of amides is 2. The monoisotopic (exact) mass is 595 g/mol. The first-order valence-corrected chi connectivity index (χ1v) is 16.1. The lowest BCUT2D eigenvalue weighted by molar-refractivity contribution is -0.140. The van der Waals surface area contributed by atoms with Crippen LogP contribution >= 0.6 is 11.6 Å². The maximum absolute atomic E-state index is 14.1. The van der Waals surface area contributed by atoms with Crippen molar-refractivity contribution in [2.24, 2.45) is 0 Å². The van der Waals surface area contributed by atoms with Crippen LogP contribution in [0.4, 0.5) is 5.69 Å². The van der Waals surface area contributed by atoms with Gasteiger partial charge in [0.15, 0.2) is 0 Å². The normalized spacial score (nSPS) is 14.7. The summed E-state index contributed by atoms with van der Waals surface area (Å²) in [6, 6.07) is 23.6. The number of para-hydroxylation sites is 1. The maximum Gasteiger partial charge on any atom is 0.264 e. The van der Waals surface area contributed by atoms with Gasteiger partial charge in [0.05, 0.1) is 15.6 Å². The molecule has 1 unspecified atom stereocenters. The minimum atomic E-state index is -4.15. The Morgan fingerprint density at radius 1 is 0.902 bits per heavy atom. The van der Waals surface area contributed by atoms with E-state index in [4.69, 9.17) is 11.6 Å². The van der Waals surface area contributed by atoms with Gasteiger partial charge >= 0.3 is 0 Å². The van der Waals surface area contributed by atoms with Crippen LogP contribution in [0.15, 0.2) is 89.8 Å². The standard InChI is InChI=1S/C32H38ClN3O4S/c1-2-29(32(38)34-26-16-8-4-9-17-26)35(23-22-25-14-6-3-7-15-25)31(37)24-36(30-21-13-12-20-28(30)33)41(39,40)27-18-10-5-11-19-27/h3,5-7,10-15,18-21,26,29H,2,4,8-9,16-17,22-24H2,1H3,(H,34,38). The molecule has 9 heteroatoms. The predicted molar refractivity (Wildman–Crippen MR) is 163 cm³/mol. The summed E-state index contributed by atoms with van der Waals surface area (Å²) in [6.07, 6.45) is 6.09. The Balaban J connectivity index is 1.66. The van der Waals surface area contributed by atoms with Gasteiger partial charge in [0, 0.05) is 12.6 Å². The van der Waals surface area contributed by atoms with Crippen molar-refractivity contribution in [3.05, 3.63) is 95.5 Å². The predicted octanol–water partition coefficient (Wildman–Crippen LogP) is 5.83. The third-order valence-corrected chi connectivity index (χ3v) is 9.65. The Morgan fingerprint density at radius 2 is 1.51 bits per heavy atom. The van der Waals surface area contributed by atoms with Gasteiger partial charge in [-0.2, -0.15) is 0 Å². The molecular formula is C32H38ClN3O4S. The molecule has 1 aliphatic rings. The fourth-order valence-corrected chi connectivity index (χ4v) is 7.07. The van der Waals surface area contributed by atoms with Crippen molar-refractivity contribution in [3.8, 4) is 0 Å². The summed E-state index contributed by atoms with van der Waals surface area (Å²) >= 11 is 6.47. The minimum Gasteiger partial charge on any atom is -0.352 e. The Kier molecular flexibility index (Phi) is 10.8. The first-order chi connectivity index (χ1) is 19.8. The number of carbonyl (C=O) groups is 2. The number of halogens is 1. The summed E-state index contributed by atoms with van der Waals surface area (Å²) in [6.45, 7) is 1.64. The largest absolute Gasteiger partial charge is 0.352 e. The van der Waals surface area contributed by atoms with E-state index in [0.29, 0.717) is 12.8 Å². The second-order valence-corrected chi connectivity index (χ2v) is 12.6. The molecule has 2 amide bonds. The van der Waals surface area contributed by atoms with Crippen molar-refractivity contribution >= 4 is 39.1 Å². The van der Waals surface area contributed by atoms with Gasteiger partial charge in [-0.05, 0) is 55.5 Å². The molecule has 0 aromatic heterocycles. The highest BCUT2D eigenvalue weighted by atomic mass is 35.5. The van der Waals surface area contributed by atoms with Crippen LogP contribution in [0, 0.1) is 0 Å². The molecule has 0 spiro atoms. The lowest BCUT2D eigenvalue weighted by Gasteiger charge is -2.34. The molecule has 3 aromatic carbocycles. The number of anilines is 1. The summed E-state index contributed by atoms with van der Waals surface area (Å²) in [4.78, 5) is 29.3. The number of hydrogen-bond acceptors (Lipinski definition) is 4. The average molecular weight is 596 g/mol. The van der Waals surface area contributed by atoms with Crippen LogP contribution in [0.2, 0.25) is 5.02 Å². The number of nitrogens with one attached hydrogen (secondary N) is 1. The Morgan fingerprint density at radius 3 is 2.15 bits per heavy atom. The summed E-state index contributed by atoms with van der Waals surface area (Å²) in [5.41, 5.74) is 1.22. The van der Waals surface area contributed by atoms with Crippen molar-refractivity contribution in [1.82, 2.24) is 10.2 Å². The van der Waals surface area contributed by atoms with Crippen LogP contribution in [-0.2, 0) is 26.0 Å². The van der Waals surface area contributed by atoms with E-state index in [1.807, 2.05) is 37.3 Å². The van der Waals surface area contributed by atoms with Gasteiger partial charge in [-0.3, -0.25) is 13.9 Å². The lowest BCUT2D eigenvalue weighted by Crippen LogP contribution is -2.54. The molecule has 218 valence electrons. The smallest absolute Gasteiger partial charge is 0.264 e. The van der Waals surface area contributed by atoms with Crippen molar-refractivity contribution in [2.75, 3.05) is 17.4 Å². The number of nitrogens with zero attached hydrogens (tertiary/aromatic N) is 2. The zero-order chi connectivity index (χ0) is 29.2. The summed E-state index contributed by atoms with van der Waals surface area (Å²) in [5.74, 6) is -0.665. The van der Waals surface area contributed by atoms with E-state index in [2.05, 4.69) is 5.32 Å². The average Bonchev–Trinajstić information content (AvgIpc) is 2.99. The van der Waals surface area contributed by atoms with Gasteiger partial charge < -0.3 is 10.2 Å². The van der Waals surface area contributed by atoms with Gasteiger partial charge in [0.25, 0.3) is 10.0 Å². The number of rotatable bonds is 12. The molecule has 1 saturated carbocycles. The van der Waals surface area contributed by atoms with Crippen molar-refractivity contribution in [3.63, 3.8) is 0 Å². The van der Waals surface area contributed by atoms with Crippen molar-refractivity contribution < 1.29 is 18.0 Å². The molecule has 1 N–H and O–H groups in total. The fourth-order valence-electron chi connectivity index (χ4n) is 5.33. The van der Waals surface area contributed by atoms with Gasteiger partial charge in [-0.15, -0.1) is 0 Å². The van der Waals surface area contributed by atoms with E-state index in [-0.39, 0.29) is 34.1 Å². The van der Waals surface area contributed by atoms with Crippen LogP contribution < -0.4 is 9.62 Å². The summed E-state index contributed by atoms with van der Waals surface area (Å²) < 4.78 is 28.8. The molecule has 41 heavy (non-hydrogen) atoms. The molecule has 4 rings (SSSR count). The third kappa shape index (κ3) is 7.89.